The summed E-state index contributed by atoms with van der Waals surface area (Å²) in [5, 5.41) is 14.2. The average Bonchev–Trinajstić information content (AvgIpc) is 2.55. The highest BCUT2D eigenvalue weighted by molar-refractivity contribution is 5.86. The standard InChI is InChI=1S/C17H14N2O3/c20-15-7-3-1-5-12(15)9-18-19-10-13-11-22-16-8-4-2-6-14(16)17(13)21/h1-8,10-11,18,20H,9H2/b19-10+. The Labute approximate surface area is 126 Å². The zero-order valence-corrected chi connectivity index (χ0v) is 11.7. The molecule has 3 rings (SSSR count). The van der Waals surface area contributed by atoms with Crippen molar-refractivity contribution in [2.24, 2.45) is 5.10 Å². The number of fused-ring (bicyclic) bond motifs is 1. The van der Waals surface area contributed by atoms with Gasteiger partial charge in [-0.1, -0.05) is 30.3 Å². The molecule has 0 aliphatic rings. The van der Waals surface area contributed by atoms with Crippen LogP contribution in [0.25, 0.3) is 11.0 Å². The van der Waals surface area contributed by atoms with E-state index < -0.39 is 0 Å². The summed E-state index contributed by atoms with van der Waals surface area (Å²) in [7, 11) is 0. The van der Waals surface area contributed by atoms with Crippen LogP contribution in [-0.2, 0) is 6.54 Å². The summed E-state index contributed by atoms with van der Waals surface area (Å²) >= 11 is 0. The molecule has 3 aromatic rings. The second-order valence-electron chi connectivity index (χ2n) is 4.74. The van der Waals surface area contributed by atoms with Crippen molar-refractivity contribution in [3.8, 4) is 5.75 Å². The van der Waals surface area contributed by atoms with Crippen LogP contribution in [0.5, 0.6) is 5.75 Å². The predicted octanol–water partition coefficient (Wildman–Crippen LogP) is 2.62. The Bertz CT molecular complexity index is 884. The van der Waals surface area contributed by atoms with Gasteiger partial charge in [-0.25, -0.2) is 0 Å². The smallest absolute Gasteiger partial charge is 0.201 e. The van der Waals surface area contributed by atoms with E-state index in [9.17, 15) is 9.90 Å². The van der Waals surface area contributed by atoms with Gasteiger partial charge in [0.15, 0.2) is 0 Å². The van der Waals surface area contributed by atoms with Crippen LogP contribution in [0, 0.1) is 0 Å². The summed E-state index contributed by atoms with van der Waals surface area (Å²) in [4.78, 5) is 12.2. The van der Waals surface area contributed by atoms with Crippen LogP contribution >= 0.6 is 0 Å². The molecule has 5 nitrogen and oxygen atoms in total. The number of phenolic OH excluding ortho intramolecular Hbond substituents is 1. The first-order chi connectivity index (χ1) is 10.8. The predicted molar refractivity (Wildman–Crippen MR) is 85.0 cm³/mol. The lowest BCUT2D eigenvalue weighted by molar-refractivity contribution is 0.465. The molecule has 0 unspecified atom stereocenters. The highest BCUT2D eigenvalue weighted by Gasteiger charge is 2.04. The van der Waals surface area contributed by atoms with E-state index in [1.54, 1.807) is 36.4 Å². The van der Waals surface area contributed by atoms with Gasteiger partial charge < -0.3 is 14.9 Å². The maximum atomic E-state index is 12.2. The number of nitrogens with one attached hydrogen (secondary N) is 1. The van der Waals surface area contributed by atoms with Crippen molar-refractivity contribution < 1.29 is 9.52 Å². The van der Waals surface area contributed by atoms with Gasteiger partial charge >= 0.3 is 0 Å². The van der Waals surface area contributed by atoms with E-state index in [4.69, 9.17) is 4.42 Å². The number of nitrogens with zero attached hydrogens (tertiary/aromatic N) is 1. The number of hydrazone groups is 1. The summed E-state index contributed by atoms with van der Waals surface area (Å²) in [5.74, 6) is 0.204. The van der Waals surface area contributed by atoms with Gasteiger partial charge in [-0.05, 0) is 18.2 Å². The van der Waals surface area contributed by atoms with Crippen LogP contribution < -0.4 is 10.9 Å². The van der Waals surface area contributed by atoms with Crippen molar-refractivity contribution in [3.63, 3.8) is 0 Å². The number of para-hydroxylation sites is 2. The summed E-state index contributed by atoms with van der Waals surface area (Å²) in [5.41, 5.74) is 4.30. The molecule has 0 bridgehead atoms. The van der Waals surface area contributed by atoms with Gasteiger partial charge in [-0.2, -0.15) is 5.10 Å². The molecule has 0 atom stereocenters. The van der Waals surface area contributed by atoms with Gasteiger partial charge in [0.2, 0.25) is 5.43 Å². The number of benzene rings is 2. The van der Waals surface area contributed by atoms with Gasteiger partial charge in [0.1, 0.15) is 17.6 Å². The van der Waals surface area contributed by atoms with Gasteiger partial charge in [-0.15, -0.1) is 0 Å². The van der Waals surface area contributed by atoms with E-state index in [2.05, 4.69) is 10.5 Å². The summed E-state index contributed by atoms with van der Waals surface area (Å²) < 4.78 is 5.40. The normalized spacial score (nSPS) is 11.1. The molecule has 110 valence electrons. The Morgan fingerprint density at radius 3 is 2.77 bits per heavy atom. The van der Waals surface area contributed by atoms with Crippen molar-refractivity contribution in [2.45, 2.75) is 6.54 Å². The maximum Gasteiger partial charge on any atom is 0.201 e. The minimum Gasteiger partial charge on any atom is -0.508 e. The van der Waals surface area contributed by atoms with E-state index in [-0.39, 0.29) is 11.2 Å². The molecule has 0 aliphatic heterocycles. The van der Waals surface area contributed by atoms with Crippen molar-refractivity contribution in [1.82, 2.24) is 5.43 Å². The summed E-state index contributed by atoms with van der Waals surface area (Å²) in [6.07, 6.45) is 2.80. The SMILES string of the molecule is O=c1c(/C=N/NCc2ccccc2O)coc2ccccc12. The Kier molecular flexibility index (Phi) is 3.87. The molecule has 0 saturated heterocycles. The van der Waals surface area contributed by atoms with E-state index in [1.165, 1.54) is 12.5 Å². The van der Waals surface area contributed by atoms with Gasteiger partial charge in [-0.3, -0.25) is 4.79 Å². The third-order valence-corrected chi connectivity index (χ3v) is 3.26. The zero-order valence-electron chi connectivity index (χ0n) is 11.7. The fraction of sp³-hybridized carbons (Fsp3) is 0.0588. The zero-order chi connectivity index (χ0) is 15.4. The minimum absolute atomic E-state index is 0.130. The first-order valence-corrected chi connectivity index (χ1v) is 6.79. The second-order valence-corrected chi connectivity index (χ2v) is 4.74. The monoisotopic (exact) mass is 294 g/mol. The van der Waals surface area contributed by atoms with Crippen LogP contribution in [0.15, 0.2) is 69.1 Å². The lowest BCUT2D eigenvalue weighted by atomic mass is 10.2. The Morgan fingerprint density at radius 2 is 1.91 bits per heavy atom. The number of hydrogen-bond acceptors (Lipinski definition) is 5. The Balaban J connectivity index is 1.75. The largest absolute Gasteiger partial charge is 0.508 e. The van der Waals surface area contributed by atoms with Crippen molar-refractivity contribution in [1.29, 1.82) is 0 Å². The van der Waals surface area contributed by atoms with Crippen LogP contribution in [0.2, 0.25) is 0 Å². The van der Waals surface area contributed by atoms with Gasteiger partial charge in [0.05, 0.1) is 23.7 Å². The summed E-state index contributed by atoms with van der Waals surface area (Å²) in [6.45, 7) is 0.363. The molecule has 1 heterocycles. The van der Waals surface area contributed by atoms with Gasteiger partial charge in [0, 0.05) is 5.56 Å². The lowest BCUT2D eigenvalue weighted by Gasteiger charge is -2.03. The Hall–Kier alpha value is -3.08. The van der Waals surface area contributed by atoms with E-state index in [0.29, 0.717) is 23.1 Å². The van der Waals surface area contributed by atoms with E-state index in [0.717, 1.165) is 5.56 Å². The highest BCUT2D eigenvalue weighted by atomic mass is 16.3. The molecule has 0 fully saturated rings. The molecule has 0 radical (unpaired) electrons. The van der Waals surface area contributed by atoms with Gasteiger partial charge in [0.25, 0.3) is 0 Å². The second kappa shape index (κ2) is 6.13. The molecule has 0 amide bonds. The van der Waals surface area contributed by atoms with Crippen molar-refractivity contribution in [2.75, 3.05) is 0 Å². The average molecular weight is 294 g/mol. The molecule has 1 aromatic heterocycles. The first-order valence-electron chi connectivity index (χ1n) is 6.79. The molecule has 5 heteroatoms. The molecule has 2 N–H and O–H groups in total. The lowest BCUT2D eigenvalue weighted by Crippen LogP contribution is -2.11. The van der Waals surface area contributed by atoms with Crippen LogP contribution in [-0.4, -0.2) is 11.3 Å². The minimum atomic E-state index is -0.130. The van der Waals surface area contributed by atoms with E-state index in [1.807, 2.05) is 12.1 Å². The van der Waals surface area contributed by atoms with Crippen molar-refractivity contribution in [3.05, 3.63) is 76.1 Å². The topological polar surface area (TPSA) is 74.8 Å². The van der Waals surface area contributed by atoms with Crippen LogP contribution in [0.1, 0.15) is 11.1 Å². The van der Waals surface area contributed by atoms with E-state index >= 15 is 0 Å². The fourth-order valence-electron chi connectivity index (χ4n) is 2.09. The fourth-order valence-corrected chi connectivity index (χ4v) is 2.09. The molecule has 0 spiro atoms. The van der Waals surface area contributed by atoms with Crippen LogP contribution in [0.3, 0.4) is 0 Å². The molecular weight excluding hydrogens is 280 g/mol. The highest BCUT2D eigenvalue weighted by Crippen LogP contribution is 2.14. The van der Waals surface area contributed by atoms with Crippen LogP contribution in [0.4, 0.5) is 0 Å². The molecule has 22 heavy (non-hydrogen) atoms. The maximum absolute atomic E-state index is 12.2. The van der Waals surface area contributed by atoms with Crippen molar-refractivity contribution >= 4 is 17.2 Å². The summed E-state index contributed by atoms with van der Waals surface area (Å²) in [6, 6.07) is 14.0. The molecule has 2 aromatic carbocycles. The Morgan fingerprint density at radius 1 is 1.14 bits per heavy atom. The number of aromatic hydroxyl groups is 1. The molecular formula is C17H14N2O3. The third-order valence-electron chi connectivity index (χ3n) is 3.26. The number of phenols is 1. The molecule has 0 saturated carbocycles. The third kappa shape index (κ3) is 2.83. The number of hydrogen-bond donors (Lipinski definition) is 2. The number of rotatable bonds is 4. The quantitative estimate of drug-likeness (QED) is 0.573. The molecule has 0 aliphatic carbocycles. The first kappa shape index (κ1) is 13.9.